The Balaban J connectivity index is 1.44. The molecule has 2 aliphatic heterocycles. The number of methoxy groups -OCH3 is 1. The van der Waals surface area contributed by atoms with Crippen LogP contribution in [-0.4, -0.2) is 90.4 Å². The molecule has 2 fully saturated rings. The van der Waals surface area contributed by atoms with Gasteiger partial charge in [-0.15, -0.1) is 0 Å². The monoisotopic (exact) mass is 547 g/mol. The molecule has 4 heterocycles. The van der Waals surface area contributed by atoms with Gasteiger partial charge in [0.2, 0.25) is 0 Å². The SMILES string of the molecule is CCCC(c1nc2cc(N3CCC(c4ccccc4)(N(C)C)CC3)cnc2n1CCOC)N1C[C@@H](C)N[C@@H](C)C1. The van der Waals surface area contributed by atoms with Crippen LogP contribution in [0.25, 0.3) is 11.2 Å². The Kier molecular flexibility index (Phi) is 9.10. The van der Waals surface area contributed by atoms with E-state index in [1.165, 1.54) is 11.3 Å². The van der Waals surface area contributed by atoms with Crippen molar-refractivity contribution in [3.05, 3.63) is 54.0 Å². The Bertz CT molecular complexity index is 1220. The molecule has 3 atom stereocenters. The van der Waals surface area contributed by atoms with E-state index in [9.17, 15) is 0 Å². The zero-order valence-corrected chi connectivity index (χ0v) is 25.4. The first-order valence-electron chi connectivity index (χ1n) is 15.2. The lowest BCUT2D eigenvalue weighted by atomic mass is 9.79. The number of rotatable bonds is 10. The van der Waals surface area contributed by atoms with E-state index in [1.807, 2.05) is 0 Å². The molecule has 2 aromatic heterocycles. The first-order chi connectivity index (χ1) is 19.4. The normalized spacial score (nSPS) is 22.7. The third kappa shape index (κ3) is 5.77. The summed E-state index contributed by atoms with van der Waals surface area (Å²) in [6, 6.07) is 14.5. The number of aromatic nitrogens is 3. The molecule has 0 amide bonds. The van der Waals surface area contributed by atoms with E-state index in [1.54, 1.807) is 7.11 Å². The Labute approximate surface area is 240 Å². The minimum absolute atomic E-state index is 0.0646. The van der Waals surface area contributed by atoms with E-state index in [0.29, 0.717) is 18.7 Å². The van der Waals surface area contributed by atoms with E-state index in [0.717, 1.165) is 75.4 Å². The summed E-state index contributed by atoms with van der Waals surface area (Å²) in [6.45, 7) is 12.3. The van der Waals surface area contributed by atoms with Crippen molar-refractivity contribution in [1.29, 1.82) is 0 Å². The van der Waals surface area contributed by atoms with E-state index < -0.39 is 0 Å². The number of anilines is 1. The largest absolute Gasteiger partial charge is 0.383 e. The van der Waals surface area contributed by atoms with E-state index in [2.05, 4.69) is 102 Å². The van der Waals surface area contributed by atoms with Crippen molar-refractivity contribution in [3.63, 3.8) is 0 Å². The molecular formula is C32H49N7O. The van der Waals surface area contributed by atoms with Gasteiger partial charge in [0, 0.05) is 57.5 Å². The van der Waals surface area contributed by atoms with Crippen LogP contribution in [0.3, 0.4) is 0 Å². The predicted octanol–water partition coefficient (Wildman–Crippen LogP) is 4.66. The molecule has 0 bridgehead atoms. The molecule has 1 unspecified atom stereocenters. The summed E-state index contributed by atoms with van der Waals surface area (Å²) in [7, 11) is 6.21. The van der Waals surface area contributed by atoms with Crippen LogP contribution in [-0.2, 0) is 16.8 Å². The second-order valence-electron chi connectivity index (χ2n) is 12.2. The number of hydrogen-bond acceptors (Lipinski definition) is 7. The minimum Gasteiger partial charge on any atom is -0.383 e. The van der Waals surface area contributed by atoms with Crippen molar-refractivity contribution in [1.82, 2.24) is 29.7 Å². The molecule has 2 aliphatic rings. The summed E-state index contributed by atoms with van der Waals surface area (Å²) in [5, 5.41) is 3.69. The number of pyridine rings is 1. The van der Waals surface area contributed by atoms with Crippen molar-refractivity contribution in [3.8, 4) is 0 Å². The number of fused-ring (bicyclic) bond motifs is 1. The van der Waals surface area contributed by atoms with Gasteiger partial charge in [-0.1, -0.05) is 43.7 Å². The molecule has 2 saturated heterocycles. The Morgan fingerprint density at radius 2 is 1.80 bits per heavy atom. The number of imidazole rings is 1. The van der Waals surface area contributed by atoms with Crippen LogP contribution in [0.15, 0.2) is 42.6 Å². The fourth-order valence-electron chi connectivity index (χ4n) is 7.10. The lowest BCUT2D eigenvalue weighted by Gasteiger charge is -2.47. The smallest absolute Gasteiger partial charge is 0.160 e. The average molecular weight is 548 g/mol. The van der Waals surface area contributed by atoms with Gasteiger partial charge in [-0.2, -0.15) is 0 Å². The predicted molar refractivity (Wildman–Crippen MR) is 164 cm³/mol. The highest BCUT2D eigenvalue weighted by Crippen LogP contribution is 2.39. The summed E-state index contributed by atoms with van der Waals surface area (Å²) < 4.78 is 7.84. The molecule has 8 nitrogen and oxygen atoms in total. The summed E-state index contributed by atoms with van der Waals surface area (Å²) in [4.78, 5) is 17.9. The van der Waals surface area contributed by atoms with Gasteiger partial charge in [-0.3, -0.25) is 9.80 Å². The Morgan fingerprint density at radius 1 is 1.10 bits per heavy atom. The second kappa shape index (κ2) is 12.6. The lowest BCUT2D eigenvalue weighted by molar-refractivity contribution is 0.108. The molecule has 0 saturated carbocycles. The summed E-state index contributed by atoms with van der Waals surface area (Å²) in [5.74, 6) is 1.13. The van der Waals surface area contributed by atoms with Gasteiger partial charge in [0.25, 0.3) is 0 Å². The van der Waals surface area contributed by atoms with Crippen molar-refractivity contribution in [2.75, 3.05) is 58.9 Å². The zero-order chi connectivity index (χ0) is 28.3. The number of benzene rings is 1. The second-order valence-corrected chi connectivity index (χ2v) is 12.2. The van der Waals surface area contributed by atoms with Gasteiger partial charge in [0.05, 0.1) is 24.5 Å². The van der Waals surface area contributed by atoms with Gasteiger partial charge in [-0.05, 0) is 58.8 Å². The number of piperazine rings is 1. The molecular weight excluding hydrogens is 498 g/mol. The van der Waals surface area contributed by atoms with Crippen LogP contribution in [0.1, 0.15) is 63.9 Å². The summed E-state index contributed by atoms with van der Waals surface area (Å²) in [6.07, 6.45) is 6.42. The topological polar surface area (TPSA) is 61.7 Å². The molecule has 40 heavy (non-hydrogen) atoms. The summed E-state index contributed by atoms with van der Waals surface area (Å²) in [5.41, 5.74) is 4.61. The maximum Gasteiger partial charge on any atom is 0.160 e. The third-order valence-corrected chi connectivity index (χ3v) is 9.13. The highest BCUT2D eigenvalue weighted by Gasteiger charge is 2.38. The molecule has 0 radical (unpaired) electrons. The quantitative estimate of drug-likeness (QED) is 0.396. The van der Waals surface area contributed by atoms with Gasteiger partial charge in [0.15, 0.2) is 5.65 Å². The molecule has 3 aromatic rings. The maximum absolute atomic E-state index is 5.52. The molecule has 5 rings (SSSR count). The highest BCUT2D eigenvalue weighted by atomic mass is 16.5. The van der Waals surface area contributed by atoms with Gasteiger partial charge >= 0.3 is 0 Å². The van der Waals surface area contributed by atoms with Crippen molar-refractivity contribution < 1.29 is 4.74 Å². The molecule has 1 N–H and O–H groups in total. The molecule has 1 aromatic carbocycles. The van der Waals surface area contributed by atoms with Crippen LogP contribution in [0.2, 0.25) is 0 Å². The first-order valence-corrected chi connectivity index (χ1v) is 15.2. The summed E-state index contributed by atoms with van der Waals surface area (Å²) >= 11 is 0. The fraction of sp³-hybridized carbons (Fsp3) is 0.625. The molecule has 0 aliphatic carbocycles. The minimum atomic E-state index is 0.0646. The number of nitrogens with one attached hydrogen (secondary N) is 1. The Hall–Kier alpha value is -2.52. The molecule has 0 spiro atoms. The van der Waals surface area contributed by atoms with Crippen molar-refractivity contribution in [2.24, 2.45) is 0 Å². The van der Waals surface area contributed by atoms with Crippen molar-refractivity contribution >= 4 is 16.9 Å². The van der Waals surface area contributed by atoms with E-state index in [4.69, 9.17) is 14.7 Å². The zero-order valence-electron chi connectivity index (χ0n) is 25.4. The van der Waals surface area contributed by atoms with Crippen LogP contribution in [0.4, 0.5) is 5.69 Å². The number of ether oxygens (including phenoxy) is 1. The Morgan fingerprint density at radius 3 is 2.42 bits per heavy atom. The molecule has 8 heteroatoms. The van der Waals surface area contributed by atoms with Crippen LogP contribution < -0.4 is 10.2 Å². The highest BCUT2D eigenvalue weighted by molar-refractivity contribution is 5.76. The van der Waals surface area contributed by atoms with E-state index >= 15 is 0 Å². The average Bonchev–Trinajstić information content (AvgIpc) is 3.31. The fourth-order valence-corrected chi connectivity index (χ4v) is 7.10. The van der Waals surface area contributed by atoms with Gasteiger partial charge < -0.3 is 19.5 Å². The number of piperidine rings is 1. The van der Waals surface area contributed by atoms with Crippen LogP contribution in [0, 0.1) is 0 Å². The first kappa shape index (κ1) is 29.0. The lowest BCUT2D eigenvalue weighted by Crippen LogP contribution is -2.55. The van der Waals surface area contributed by atoms with Crippen LogP contribution >= 0.6 is 0 Å². The van der Waals surface area contributed by atoms with Gasteiger partial charge in [-0.25, -0.2) is 9.97 Å². The van der Waals surface area contributed by atoms with Gasteiger partial charge in [0.1, 0.15) is 11.3 Å². The van der Waals surface area contributed by atoms with Crippen molar-refractivity contribution in [2.45, 2.75) is 76.7 Å². The maximum atomic E-state index is 5.52. The molecule has 218 valence electrons. The number of nitrogens with zero attached hydrogens (tertiary/aromatic N) is 6. The number of hydrogen-bond donors (Lipinski definition) is 1. The third-order valence-electron chi connectivity index (χ3n) is 9.13. The van der Waals surface area contributed by atoms with E-state index in [-0.39, 0.29) is 11.6 Å². The van der Waals surface area contributed by atoms with Crippen LogP contribution in [0.5, 0.6) is 0 Å². The standard InChI is InChI=1S/C32H49N7O/c1-7-11-29(38-22-24(2)34-25(3)23-38)31-35-28-20-27(21-33-30(28)39(31)18-19-40-6)37-16-14-32(15-17-37,36(4)5)26-12-9-8-10-13-26/h8-10,12-13,20-21,24-25,29,34H,7,11,14-19,22-23H2,1-6H3/t24-,25+,29?.